The van der Waals surface area contributed by atoms with Crippen molar-refractivity contribution in [2.45, 2.75) is 40.3 Å². The fourth-order valence-corrected chi connectivity index (χ4v) is 3.10. The molecule has 0 aliphatic rings. The summed E-state index contributed by atoms with van der Waals surface area (Å²) in [5, 5.41) is 16.6. The molecule has 2 aromatic rings. The summed E-state index contributed by atoms with van der Waals surface area (Å²) in [7, 11) is 1.60. The maximum atomic E-state index is 10.9. The third-order valence-corrected chi connectivity index (χ3v) is 4.87. The minimum Gasteiger partial charge on any atom is -0.493 e. The molecule has 6 heteroatoms. The molecule has 1 amide bonds. The van der Waals surface area contributed by atoms with Gasteiger partial charge in [0.05, 0.1) is 7.11 Å². The summed E-state index contributed by atoms with van der Waals surface area (Å²) in [4.78, 5) is 10.9. The summed E-state index contributed by atoms with van der Waals surface area (Å²) in [6, 6.07) is 9.82. The minimum atomic E-state index is -0.714. The maximum Gasteiger partial charge on any atom is 0.216 e. The molecule has 2 aromatic carbocycles. The maximum absolute atomic E-state index is 10.9. The Bertz CT molecular complexity index is 836. The molecular weight excluding hydrogens is 368 g/mol. The van der Waals surface area contributed by atoms with Gasteiger partial charge in [0, 0.05) is 26.6 Å². The highest BCUT2D eigenvalue weighted by Crippen LogP contribution is 2.30. The van der Waals surface area contributed by atoms with E-state index in [2.05, 4.69) is 23.6 Å². The Morgan fingerprint density at radius 1 is 1.03 bits per heavy atom. The number of amides is 1. The lowest BCUT2D eigenvalue weighted by molar-refractivity contribution is -0.118. The first-order valence-corrected chi connectivity index (χ1v) is 9.82. The Labute approximate surface area is 173 Å². The number of ether oxygens (including phenoxy) is 2. The van der Waals surface area contributed by atoms with E-state index in [1.54, 1.807) is 7.11 Å². The lowest BCUT2D eigenvalue weighted by Crippen LogP contribution is -2.29. The molecule has 0 spiro atoms. The van der Waals surface area contributed by atoms with Crippen molar-refractivity contribution in [2.24, 2.45) is 0 Å². The number of aliphatic hydroxyl groups is 1. The van der Waals surface area contributed by atoms with Crippen molar-refractivity contribution < 1.29 is 19.4 Å². The Hall–Kier alpha value is -2.57. The Kier molecular flexibility index (Phi) is 8.49. The number of methoxy groups -OCH3 is 1. The van der Waals surface area contributed by atoms with Crippen LogP contribution in [-0.4, -0.2) is 37.8 Å². The van der Waals surface area contributed by atoms with Crippen molar-refractivity contribution in [1.29, 1.82) is 0 Å². The average molecular weight is 401 g/mol. The number of rotatable bonds is 10. The molecule has 0 radical (unpaired) electrons. The van der Waals surface area contributed by atoms with Crippen molar-refractivity contribution >= 4 is 5.91 Å². The van der Waals surface area contributed by atoms with Gasteiger partial charge in [-0.3, -0.25) is 4.79 Å². The summed E-state index contributed by atoms with van der Waals surface area (Å²) in [6.45, 7) is 9.68. The van der Waals surface area contributed by atoms with E-state index >= 15 is 0 Å². The van der Waals surface area contributed by atoms with Gasteiger partial charge in [-0.15, -0.1) is 0 Å². The first-order chi connectivity index (χ1) is 13.8. The van der Waals surface area contributed by atoms with E-state index in [0.29, 0.717) is 31.1 Å². The monoisotopic (exact) mass is 400 g/mol. The summed E-state index contributed by atoms with van der Waals surface area (Å²) in [5.41, 5.74) is 5.34. The lowest BCUT2D eigenvalue weighted by Gasteiger charge is -2.18. The second-order valence-corrected chi connectivity index (χ2v) is 7.26. The molecule has 6 nitrogen and oxygen atoms in total. The topological polar surface area (TPSA) is 79.8 Å². The van der Waals surface area contributed by atoms with Crippen molar-refractivity contribution in [1.82, 2.24) is 10.6 Å². The molecule has 0 heterocycles. The van der Waals surface area contributed by atoms with Gasteiger partial charge in [0.1, 0.15) is 12.7 Å². The Balaban J connectivity index is 1.95. The highest BCUT2D eigenvalue weighted by molar-refractivity contribution is 5.72. The SMILES string of the molecule is COc1cc(CNCCNC(C)=O)ccc1OC[C@H](O)c1cc(C)c(C)cc1C. The zero-order valence-electron chi connectivity index (χ0n) is 18.0. The summed E-state index contributed by atoms with van der Waals surface area (Å²) >= 11 is 0. The second kappa shape index (κ2) is 10.8. The smallest absolute Gasteiger partial charge is 0.216 e. The average Bonchev–Trinajstić information content (AvgIpc) is 2.68. The van der Waals surface area contributed by atoms with Crippen molar-refractivity contribution in [3.8, 4) is 11.5 Å². The van der Waals surface area contributed by atoms with Crippen molar-refractivity contribution in [3.05, 3.63) is 58.1 Å². The highest BCUT2D eigenvalue weighted by Gasteiger charge is 2.14. The van der Waals surface area contributed by atoms with Crippen LogP contribution in [0.15, 0.2) is 30.3 Å². The van der Waals surface area contributed by atoms with E-state index in [0.717, 1.165) is 22.3 Å². The quantitative estimate of drug-likeness (QED) is 0.535. The van der Waals surface area contributed by atoms with Crippen LogP contribution in [0.2, 0.25) is 0 Å². The van der Waals surface area contributed by atoms with Crippen LogP contribution in [0.4, 0.5) is 0 Å². The molecule has 29 heavy (non-hydrogen) atoms. The number of hydrogen-bond donors (Lipinski definition) is 3. The molecule has 0 saturated heterocycles. The number of carbonyl (C=O) groups is 1. The summed E-state index contributed by atoms with van der Waals surface area (Å²) < 4.78 is 11.3. The van der Waals surface area contributed by atoms with Gasteiger partial charge in [-0.05, 0) is 60.7 Å². The molecule has 2 rings (SSSR count). The van der Waals surface area contributed by atoms with E-state index in [-0.39, 0.29) is 12.5 Å². The number of hydrogen-bond acceptors (Lipinski definition) is 5. The molecule has 0 unspecified atom stereocenters. The van der Waals surface area contributed by atoms with E-state index < -0.39 is 6.10 Å². The normalized spacial score (nSPS) is 11.8. The lowest BCUT2D eigenvalue weighted by atomic mass is 9.97. The summed E-state index contributed by atoms with van der Waals surface area (Å²) in [5.74, 6) is 1.18. The van der Waals surface area contributed by atoms with Gasteiger partial charge < -0.3 is 25.2 Å². The van der Waals surface area contributed by atoms with Gasteiger partial charge in [-0.1, -0.05) is 18.2 Å². The van der Waals surface area contributed by atoms with Crippen LogP contribution in [0.1, 0.15) is 40.8 Å². The fraction of sp³-hybridized carbons (Fsp3) is 0.435. The molecule has 0 aliphatic heterocycles. The van der Waals surface area contributed by atoms with Gasteiger partial charge >= 0.3 is 0 Å². The Morgan fingerprint density at radius 2 is 1.76 bits per heavy atom. The number of aliphatic hydroxyl groups excluding tert-OH is 1. The third kappa shape index (κ3) is 6.76. The van der Waals surface area contributed by atoms with Crippen LogP contribution in [0.5, 0.6) is 11.5 Å². The largest absolute Gasteiger partial charge is 0.493 e. The van der Waals surface area contributed by atoms with Gasteiger partial charge in [0.25, 0.3) is 0 Å². The zero-order valence-corrected chi connectivity index (χ0v) is 18.0. The van der Waals surface area contributed by atoms with Crippen LogP contribution in [0, 0.1) is 20.8 Å². The number of aryl methyl sites for hydroxylation is 3. The van der Waals surface area contributed by atoms with Gasteiger partial charge in [-0.25, -0.2) is 0 Å². The van der Waals surface area contributed by atoms with Crippen LogP contribution in [0.3, 0.4) is 0 Å². The predicted molar refractivity (Wildman–Crippen MR) is 114 cm³/mol. The van der Waals surface area contributed by atoms with Gasteiger partial charge in [-0.2, -0.15) is 0 Å². The van der Waals surface area contributed by atoms with E-state index in [4.69, 9.17) is 9.47 Å². The van der Waals surface area contributed by atoms with E-state index in [9.17, 15) is 9.90 Å². The second-order valence-electron chi connectivity index (χ2n) is 7.26. The first-order valence-electron chi connectivity index (χ1n) is 9.82. The van der Waals surface area contributed by atoms with Crippen LogP contribution < -0.4 is 20.1 Å². The molecule has 0 aromatic heterocycles. The summed E-state index contributed by atoms with van der Waals surface area (Å²) in [6.07, 6.45) is -0.714. The number of benzene rings is 2. The van der Waals surface area contributed by atoms with E-state index in [1.807, 2.05) is 38.1 Å². The van der Waals surface area contributed by atoms with E-state index in [1.165, 1.54) is 12.5 Å². The Morgan fingerprint density at radius 3 is 2.45 bits per heavy atom. The molecule has 0 aliphatic carbocycles. The predicted octanol–water partition coefficient (Wildman–Crippen LogP) is 2.96. The standard InChI is InChI=1S/C23H32N2O4/c1-15-10-17(3)20(11-16(15)2)21(27)14-29-22-7-6-19(12-23(22)28-5)13-24-8-9-25-18(4)26/h6-7,10-12,21,24,27H,8-9,13-14H2,1-5H3,(H,25,26)/t21-/m0/s1. The number of carbonyl (C=O) groups excluding carboxylic acids is 1. The molecule has 0 bridgehead atoms. The number of nitrogens with one attached hydrogen (secondary N) is 2. The van der Waals surface area contributed by atoms with Crippen LogP contribution in [0.25, 0.3) is 0 Å². The fourth-order valence-electron chi connectivity index (χ4n) is 3.10. The molecule has 1 atom stereocenters. The van der Waals surface area contributed by atoms with Gasteiger partial charge in [0.2, 0.25) is 5.91 Å². The molecule has 0 fully saturated rings. The zero-order chi connectivity index (χ0) is 21.4. The van der Waals surface area contributed by atoms with Crippen LogP contribution in [-0.2, 0) is 11.3 Å². The minimum absolute atomic E-state index is 0.0341. The highest BCUT2D eigenvalue weighted by atomic mass is 16.5. The molecular formula is C23H32N2O4. The van der Waals surface area contributed by atoms with Crippen LogP contribution >= 0.6 is 0 Å². The molecule has 3 N–H and O–H groups in total. The van der Waals surface area contributed by atoms with Gasteiger partial charge in [0.15, 0.2) is 11.5 Å². The first kappa shape index (κ1) is 22.7. The van der Waals surface area contributed by atoms with Crippen molar-refractivity contribution in [3.63, 3.8) is 0 Å². The molecule has 158 valence electrons. The third-order valence-electron chi connectivity index (χ3n) is 4.87. The van der Waals surface area contributed by atoms with Crippen molar-refractivity contribution in [2.75, 3.05) is 26.8 Å². The molecule has 0 saturated carbocycles.